The zero-order chi connectivity index (χ0) is 19.3. The van der Waals surface area contributed by atoms with E-state index in [9.17, 15) is 9.59 Å². The first-order valence-corrected chi connectivity index (χ1v) is 8.24. The molecule has 2 atom stereocenters. The van der Waals surface area contributed by atoms with Crippen LogP contribution in [0.15, 0.2) is 31.5 Å². The number of carbonyl (C=O) groups excluding carboxylic acids is 1. The van der Waals surface area contributed by atoms with Crippen molar-refractivity contribution < 1.29 is 23.9 Å². The molecule has 142 valence electrons. The molecule has 0 aromatic carbocycles. The lowest BCUT2D eigenvalue weighted by molar-refractivity contribution is -0.127. The summed E-state index contributed by atoms with van der Waals surface area (Å²) < 4.78 is 15.7. The maximum absolute atomic E-state index is 12.8. The van der Waals surface area contributed by atoms with E-state index in [1.54, 1.807) is 13.0 Å². The highest BCUT2D eigenvalue weighted by molar-refractivity contribution is 6.38. The molecule has 0 fully saturated rings. The van der Waals surface area contributed by atoms with Crippen molar-refractivity contribution in [3.63, 3.8) is 0 Å². The standard InChI is InChI=1S/C17H23N3O6/c1-5-6-12(13-7-11(24-4)8-14(21)26-13)18-16(22)17(3)9-25-15(19-17)10(2)20-23/h7-8,12,23H,5-6,9H2,1-4H3,(H,18,22)/b20-10+/t12-,17+/m1/s1. The number of nitrogens with one attached hydrogen (secondary N) is 1. The van der Waals surface area contributed by atoms with Crippen molar-refractivity contribution in [2.45, 2.75) is 45.2 Å². The molecule has 1 amide bonds. The Morgan fingerprint density at radius 2 is 2.27 bits per heavy atom. The first-order chi connectivity index (χ1) is 12.3. The van der Waals surface area contributed by atoms with Gasteiger partial charge in [0.15, 0.2) is 5.54 Å². The molecule has 1 aliphatic heterocycles. The second-order valence-corrected chi connectivity index (χ2v) is 6.20. The minimum atomic E-state index is -1.17. The Balaban J connectivity index is 2.25. The van der Waals surface area contributed by atoms with Crippen LogP contribution in [0.2, 0.25) is 0 Å². The van der Waals surface area contributed by atoms with Gasteiger partial charge in [-0.15, -0.1) is 0 Å². The molecular weight excluding hydrogens is 342 g/mol. The van der Waals surface area contributed by atoms with Gasteiger partial charge in [0.05, 0.1) is 19.2 Å². The third-order valence-electron chi connectivity index (χ3n) is 4.01. The van der Waals surface area contributed by atoms with Gasteiger partial charge in [0.25, 0.3) is 5.91 Å². The first-order valence-electron chi connectivity index (χ1n) is 8.24. The maximum atomic E-state index is 12.8. The van der Waals surface area contributed by atoms with Gasteiger partial charge in [0.1, 0.15) is 23.8 Å². The smallest absolute Gasteiger partial charge is 0.339 e. The van der Waals surface area contributed by atoms with E-state index in [1.165, 1.54) is 20.1 Å². The lowest BCUT2D eigenvalue weighted by Gasteiger charge is -2.23. The lowest BCUT2D eigenvalue weighted by atomic mass is 10.0. The van der Waals surface area contributed by atoms with Crippen molar-refractivity contribution in [2.75, 3.05) is 13.7 Å². The highest BCUT2D eigenvalue weighted by atomic mass is 16.5. The van der Waals surface area contributed by atoms with E-state index in [4.69, 9.17) is 19.1 Å². The van der Waals surface area contributed by atoms with Crippen molar-refractivity contribution in [1.82, 2.24) is 5.32 Å². The molecule has 2 rings (SSSR count). The summed E-state index contributed by atoms with van der Waals surface area (Å²) in [5, 5.41) is 14.7. The minimum absolute atomic E-state index is 0.0158. The number of rotatable bonds is 7. The fourth-order valence-electron chi connectivity index (χ4n) is 2.49. The molecule has 2 N–H and O–H groups in total. The quantitative estimate of drug-likeness (QED) is 0.430. The number of carbonyl (C=O) groups is 1. The Morgan fingerprint density at radius 1 is 1.54 bits per heavy atom. The van der Waals surface area contributed by atoms with Gasteiger partial charge in [-0.05, 0) is 20.3 Å². The Bertz CT molecular complexity index is 785. The number of oxime groups is 1. The molecule has 0 saturated carbocycles. The SMILES string of the molecule is CCC[C@@H](NC(=O)[C@]1(C)COC(/C(C)=N/O)=N1)c1cc(OC)cc(=O)o1. The molecule has 0 spiro atoms. The van der Waals surface area contributed by atoms with Crippen LogP contribution in [0.1, 0.15) is 45.4 Å². The van der Waals surface area contributed by atoms with Crippen molar-refractivity contribution in [3.8, 4) is 5.75 Å². The Kier molecular flexibility index (Phi) is 6.01. The maximum Gasteiger partial charge on any atom is 0.339 e. The topological polar surface area (TPSA) is 123 Å². The first kappa shape index (κ1) is 19.5. The molecule has 0 aliphatic carbocycles. The highest BCUT2D eigenvalue weighted by Gasteiger charge is 2.41. The van der Waals surface area contributed by atoms with Gasteiger partial charge in [-0.3, -0.25) is 4.79 Å². The largest absolute Gasteiger partial charge is 0.496 e. The molecule has 1 aromatic rings. The van der Waals surface area contributed by atoms with Crippen LogP contribution in [0, 0.1) is 0 Å². The normalized spacial score (nSPS) is 20.9. The molecule has 0 unspecified atom stereocenters. The van der Waals surface area contributed by atoms with Crippen LogP contribution in [0.4, 0.5) is 0 Å². The number of hydrogen-bond donors (Lipinski definition) is 2. The van der Waals surface area contributed by atoms with Crippen LogP contribution in [-0.2, 0) is 9.53 Å². The van der Waals surface area contributed by atoms with Crippen LogP contribution in [0.25, 0.3) is 0 Å². The van der Waals surface area contributed by atoms with E-state index in [0.29, 0.717) is 17.9 Å². The molecule has 0 radical (unpaired) electrons. The summed E-state index contributed by atoms with van der Waals surface area (Å²) >= 11 is 0. The van der Waals surface area contributed by atoms with Gasteiger partial charge in [0.2, 0.25) is 5.90 Å². The van der Waals surface area contributed by atoms with Crippen molar-refractivity contribution >= 4 is 17.5 Å². The van der Waals surface area contributed by atoms with Crippen LogP contribution in [0.3, 0.4) is 0 Å². The molecule has 1 aliphatic rings. The molecule has 0 bridgehead atoms. The van der Waals surface area contributed by atoms with Crippen LogP contribution in [-0.4, -0.2) is 42.0 Å². The van der Waals surface area contributed by atoms with E-state index in [0.717, 1.165) is 6.42 Å². The lowest BCUT2D eigenvalue weighted by Crippen LogP contribution is -2.45. The average molecular weight is 365 g/mol. The Morgan fingerprint density at radius 3 is 2.88 bits per heavy atom. The average Bonchev–Trinajstić information content (AvgIpc) is 3.03. The minimum Gasteiger partial charge on any atom is -0.496 e. The summed E-state index contributed by atoms with van der Waals surface area (Å²) in [6.07, 6.45) is 1.32. The molecule has 26 heavy (non-hydrogen) atoms. The monoisotopic (exact) mass is 365 g/mol. The summed E-state index contributed by atoms with van der Waals surface area (Å²) in [6, 6.07) is 2.29. The molecule has 0 saturated heterocycles. The van der Waals surface area contributed by atoms with Crippen molar-refractivity contribution in [2.24, 2.45) is 10.1 Å². The fourth-order valence-corrected chi connectivity index (χ4v) is 2.49. The summed E-state index contributed by atoms with van der Waals surface area (Å²) in [7, 11) is 1.45. The predicted octanol–water partition coefficient (Wildman–Crippen LogP) is 1.64. The summed E-state index contributed by atoms with van der Waals surface area (Å²) in [5.74, 6) is 0.397. The third kappa shape index (κ3) is 4.22. The number of hydrogen-bond acceptors (Lipinski definition) is 8. The molecule has 2 heterocycles. The van der Waals surface area contributed by atoms with E-state index in [1.807, 2.05) is 6.92 Å². The van der Waals surface area contributed by atoms with Crippen molar-refractivity contribution in [3.05, 3.63) is 28.3 Å². The van der Waals surface area contributed by atoms with E-state index < -0.39 is 17.2 Å². The van der Waals surface area contributed by atoms with Gasteiger partial charge >= 0.3 is 5.63 Å². The van der Waals surface area contributed by atoms with E-state index in [2.05, 4.69) is 15.5 Å². The summed E-state index contributed by atoms with van der Waals surface area (Å²) in [5.41, 5.74) is -1.54. The van der Waals surface area contributed by atoms with Gasteiger partial charge in [0, 0.05) is 6.07 Å². The number of nitrogens with zero attached hydrogens (tertiary/aromatic N) is 2. The van der Waals surface area contributed by atoms with Crippen LogP contribution >= 0.6 is 0 Å². The molecule has 1 aromatic heterocycles. The van der Waals surface area contributed by atoms with Gasteiger partial charge < -0.3 is 24.4 Å². The number of aliphatic imine (C=N–C) groups is 1. The van der Waals surface area contributed by atoms with Crippen molar-refractivity contribution in [1.29, 1.82) is 0 Å². The van der Waals surface area contributed by atoms with Crippen LogP contribution in [0.5, 0.6) is 5.75 Å². The van der Waals surface area contributed by atoms with Gasteiger partial charge in [-0.25, -0.2) is 9.79 Å². The number of ether oxygens (including phenoxy) is 2. The molecule has 9 heteroatoms. The summed E-state index contributed by atoms with van der Waals surface area (Å²) in [6.45, 7) is 5.11. The van der Waals surface area contributed by atoms with E-state index in [-0.39, 0.29) is 24.1 Å². The Hall–Kier alpha value is -2.84. The third-order valence-corrected chi connectivity index (χ3v) is 4.01. The van der Waals surface area contributed by atoms with Gasteiger partial charge in [-0.1, -0.05) is 18.5 Å². The molecular formula is C17H23N3O6. The number of methoxy groups -OCH3 is 1. The van der Waals surface area contributed by atoms with E-state index >= 15 is 0 Å². The fraction of sp³-hybridized carbons (Fsp3) is 0.529. The predicted molar refractivity (Wildman–Crippen MR) is 94.0 cm³/mol. The van der Waals surface area contributed by atoms with Crippen LogP contribution < -0.4 is 15.7 Å². The second-order valence-electron chi connectivity index (χ2n) is 6.20. The summed E-state index contributed by atoms with van der Waals surface area (Å²) in [4.78, 5) is 28.7. The highest BCUT2D eigenvalue weighted by Crippen LogP contribution is 2.25. The second kappa shape index (κ2) is 8.03. The zero-order valence-corrected chi connectivity index (χ0v) is 15.2. The number of amides is 1. The van der Waals surface area contributed by atoms with Gasteiger partial charge in [-0.2, -0.15) is 0 Å². The zero-order valence-electron chi connectivity index (χ0n) is 15.2. The Labute approximate surface area is 150 Å². The molecule has 9 nitrogen and oxygen atoms in total.